The predicted molar refractivity (Wildman–Crippen MR) is 70.1 cm³/mol. The number of piperidine rings is 1. The normalized spacial score (nSPS) is 23.4. The van der Waals surface area contributed by atoms with Crippen LogP contribution in [0.5, 0.6) is 5.75 Å². The van der Waals surface area contributed by atoms with Crippen LogP contribution in [0.4, 0.5) is 13.2 Å². The molecule has 3 rings (SSSR count). The van der Waals surface area contributed by atoms with Gasteiger partial charge in [-0.25, -0.2) is 4.98 Å². The van der Waals surface area contributed by atoms with Gasteiger partial charge in [0.1, 0.15) is 11.3 Å². The lowest BCUT2D eigenvalue weighted by molar-refractivity contribution is -0.274. The number of halogens is 3. The maximum atomic E-state index is 12.2. The Hall–Kier alpha value is -1.76. The topological polar surface area (TPSA) is 47.3 Å². The van der Waals surface area contributed by atoms with E-state index in [1.54, 1.807) is 0 Å². The van der Waals surface area contributed by atoms with E-state index in [-0.39, 0.29) is 11.7 Å². The molecule has 1 aliphatic rings. The second-order valence-corrected chi connectivity index (χ2v) is 5.31. The fraction of sp³-hybridized carbons (Fsp3) is 0.500. The largest absolute Gasteiger partial charge is 0.573 e. The molecule has 0 aliphatic carbocycles. The first-order chi connectivity index (χ1) is 9.90. The standard InChI is InChI=1S/C14H15F3N2O2/c1-8-2-3-9(7-18-8)13-19-11-6-10(21-14(15,16)17)4-5-12(11)20-13/h4-6,8-9,18H,2-3,7H2,1H3/t8-,9-/m1/s1. The first-order valence-electron chi connectivity index (χ1n) is 6.80. The minimum Gasteiger partial charge on any atom is -0.440 e. The van der Waals surface area contributed by atoms with Crippen molar-refractivity contribution in [2.24, 2.45) is 0 Å². The number of fused-ring (bicyclic) bond motifs is 1. The quantitative estimate of drug-likeness (QED) is 0.921. The third-order valence-electron chi connectivity index (χ3n) is 3.62. The number of alkyl halides is 3. The van der Waals surface area contributed by atoms with E-state index in [1.807, 2.05) is 0 Å². The summed E-state index contributed by atoms with van der Waals surface area (Å²) in [5.74, 6) is 0.430. The van der Waals surface area contributed by atoms with E-state index in [2.05, 4.69) is 22.0 Å². The lowest BCUT2D eigenvalue weighted by Gasteiger charge is -2.25. The van der Waals surface area contributed by atoms with E-state index in [4.69, 9.17) is 4.42 Å². The summed E-state index contributed by atoms with van der Waals surface area (Å²) in [4.78, 5) is 4.30. The van der Waals surface area contributed by atoms with Crippen LogP contribution in [0.2, 0.25) is 0 Å². The Labute approximate surface area is 119 Å². The van der Waals surface area contributed by atoms with Crippen LogP contribution in [0.15, 0.2) is 22.6 Å². The molecule has 0 unspecified atom stereocenters. The Kier molecular flexibility index (Phi) is 3.52. The molecule has 21 heavy (non-hydrogen) atoms. The van der Waals surface area contributed by atoms with Crippen LogP contribution < -0.4 is 10.1 Å². The van der Waals surface area contributed by atoms with Crippen LogP contribution in [-0.4, -0.2) is 23.9 Å². The molecular weight excluding hydrogens is 285 g/mol. The maximum Gasteiger partial charge on any atom is 0.573 e. The van der Waals surface area contributed by atoms with Gasteiger partial charge in [0, 0.05) is 24.6 Å². The summed E-state index contributed by atoms with van der Waals surface area (Å²) in [6.07, 6.45) is -2.73. The van der Waals surface area contributed by atoms with Crippen LogP contribution in [0.1, 0.15) is 31.6 Å². The first kappa shape index (κ1) is 14.2. The van der Waals surface area contributed by atoms with Crippen molar-refractivity contribution in [2.75, 3.05) is 6.54 Å². The monoisotopic (exact) mass is 300 g/mol. The van der Waals surface area contributed by atoms with Gasteiger partial charge in [0.25, 0.3) is 0 Å². The highest BCUT2D eigenvalue weighted by Crippen LogP contribution is 2.30. The molecule has 0 spiro atoms. The maximum absolute atomic E-state index is 12.2. The van der Waals surface area contributed by atoms with Gasteiger partial charge >= 0.3 is 6.36 Å². The summed E-state index contributed by atoms with van der Waals surface area (Å²) < 4.78 is 46.1. The van der Waals surface area contributed by atoms with Gasteiger partial charge in [-0.05, 0) is 31.9 Å². The summed E-state index contributed by atoms with van der Waals surface area (Å²) in [6, 6.07) is 4.39. The minimum absolute atomic E-state index is 0.153. The molecule has 1 aromatic carbocycles. The second kappa shape index (κ2) is 5.22. The number of hydrogen-bond acceptors (Lipinski definition) is 4. The van der Waals surface area contributed by atoms with Crippen LogP contribution in [0.3, 0.4) is 0 Å². The van der Waals surface area contributed by atoms with Gasteiger partial charge in [-0.1, -0.05) is 0 Å². The molecular formula is C14H15F3N2O2. The van der Waals surface area contributed by atoms with Crippen LogP contribution in [0.25, 0.3) is 11.1 Å². The molecule has 0 saturated carbocycles. The Morgan fingerprint density at radius 3 is 2.81 bits per heavy atom. The number of hydrogen-bond donors (Lipinski definition) is 1. The van der Waals surface area contributed by atoms with Gasteiger partial charge < -0.3 is 14.5 Å². The van der Waals surface area contributed by atoms with Gasteiger partial charge in [-0.3, -0.25) is 0 Å². The zero-order valence-corrected chi connectivity index (χ0v) is 11.4. The zero-order chi connectivity index (χ0) is 15.0. The Bertz CT molecular complexity index is 631. The molecule has 2 aromatic rings. The third-order valence-corrected chi connectivity index (χ3v) is 3.62. The Balaban J connectivity index is 1.83. The number of rotatable bonds is 2. The molecule has 1 fully saturated rings. The molecule has 1 aromatic heterocycles. The smallest absolute Gasteiger partial charge is 0.440 e. The zero-order valence-electron chi connectivity index (χ0n) is 11.4. The molecule has 0 radical (unpaired) electrons. The Morgan fingerprint density at radius 2 is 2.14 bits per heavy atom. The molecule has 7 heteroatoms. The van der Waals surface area contributed by atoms with E-state index in [0.29, 0.717) is 23.0 Å². The summed E-state index contributed by atoms with van der Waals surface area (Å²) in [6.45, 7) is 2.88. The van der Waals surface area contributed by atoms with Gasteiger partial charge in [0.2, 0.25) is 0 Å². The first-order valence-corrected chi connectivity index (χ1v) is 6.80. The number of nitrogens with one attached hydrogen (secondary N) is 1. The molecule has 1 N–H and O–H groups in total. The van der Waals surface area contributed by atoms with Gasteiger partial charge in [0.15, 0.2) is 11.5 Å². The van der Waals surface area contributed by atoms with Crippen LogP contribution >= 0.6 is 0 Å². The molecule has 114 valence electrons. The minimum atomic E-state index is -4.70. The fourth-order valence-corrected chi connectivity index (χ4v) is 2.51. The van der Waals surface area contributed by atoms with E-state index in [1.165, 1.54) is 18.2 Å². The van der Waals surface area contributed by atoms with Gasteiger partial charge in [-0.15, -0.1) is 13.2 Å². The SMILES string of the molecule is C[C@@H]1CC[C@@H](c2nc3cc(OC(F)(F)F)ccc3o2)CN1. The predicted octanol–water partition coefficient (Wildman–Crippen LogP) is 3.58. The van der Waals surface area contributed by atoms with Crippen molar-refractivity contribution < 1.29 is 22.3 Å². The number of aromatic nitrogens is 1. The van der Waals surface area contributed by atoms with Gasteiger partial charge in [0.05, 0.1) is 0 Å². The van der Waals surface area contributed by atoms with Crippen molar-refractivity contribution in [1.29, 1.82) is 0 Å². The van der Waals surface area contributed by atoms with E-state index in [0.717, 1.165) is 19.4 Å². The van der Waals surface area contributed by atoms with E-state index < -0.39 is 6.36 Å². The van der Waals surface area contributed by atoms with Crippen molar-refractivity contribution >= 4 is 11.1 Å². The summed E-state index contributed by atoms with van der Waals surface area (Å²) >= 11 is 0. The molecule has 2 atom stereocenters. The van der Waals surface area contributed by atoms with Gasteiger partial charge in [-0.2, -0.15) is 0 Å². The molecule has 1 saturated heterocycles. The third kappa shape index (κ3) is 3.29. The summed E-state index contributed by atoms with van der Waals surface area (Å²) in [5.41, 5.74) is 0.850. The van der Waals surface area contributed by atoms with Crippen LogP contribution in [-0.2, 0) is 0 Å². The molecule has 1 aliphatic heterocycles. The van der Waals surface area contributed by atoms with Crippen molar-refractivity contribution in [3.63, 3.8) is 0 Å². The highest BCUT2D eigenvalue weighted by molar-refractivity contribution is 5.74. The molecule has 0 bridgehead atoms. The highest BCUT2D eigenvalue weighted by atomic mass is 19.4. The summed E-state index contributed by atoms with van der Waals surface area (Å²) in [5, 5.41) is 3.34. The number of benzene rings is 1. The van der Waals surface area contributed by atoms with Crippen LogP contribution in [0, 0.1) is 0 Å². The lowest BCUT2D eigenvalue weighted by Crippen LogP contribution is -2.35. The average molecular weight is 300 g/mol. The van der Waals surface area contributed by atoms with Crippen molar-refractivity contribution in [3.8, 4) is 5.75 Å². The molecule has 0 amide bonds. The second-order valence-electron chi connectivity index (χ2n) is 5.31. The average Bonchev–Trinajstić information content (AvgIpc) is 2.80. The Morgan fingerprint density at radius 1 is 1.33 bits per heavy atom. The number of ether oxygens (including phenoxy) is 1. The molecule has 4 nitrogen and oxygen atoms in total. The number of nitrogens with zero attached hydrogens (tertiary/aromatic N) is 1. The van der Waals surface area contributed by atoms with Crippen molar-refractivity contribution in [1.82, 2.24) is 10.3 Å². The number of oxazole rings is 1. The van der Waals surface area contributed by atoms with E-state index in [9.17, 15) is 13.2 Å². The van der Waals surface area contributed by atoms with Crippen molar-refractivity contribution in [2.45, 2.75) is 38.1 Å². The van der Waals surface area contributed by atoms with E-state index >= 15 is 0 Å². The van der Waals surface area contributed by atoms with Crippen molar-refractivity contribution in [3.05, 3.63) is 24.1 Å². The highest BCUT2D eigenvalue weighted by Gasteiger charge is 2.31. The summed E-state index contributed by atoms with van der Waals surface area (Å²) in [7, 11) is 0. The fourth-order valence-electron chi connectivity index (χ4n) is 2.51. The lowest BCUT2D eigenvalue weighted by atomic mass is 9.95. The molecule has 2 heterocycles.